The molecule has 7 nitrogen and oxygen atoms in total. The van der Waals surface area contributed by atoms with E-state index in [9.17, 15) is 22.8 Å². The summed E-state index contributed by atoms with van der Waals surface area (Å²) in [6.07, 6.45) is 2.28. The fraction of sp³-hybridized carbons (Fsp3) is 0.238. The number of thiazole rings is 1. The Kier molecular flexibility index (Phi) is 6.52. The highest BCUT2D eigenvalue weighted by atomic mass is 35.5. The molecule has 3 heterocycles. The Bertz CT molecular complexity index is 1230. The van der Waals surface area contributed by atoms with Crippen LogP contribution in [0.25, 0.3) is 11.3 Å². The number of carboxylic acids is 1. The van der Waals surface area contributed by atoms with Crippen LogP contribution in [-0.4, -0.2) is 40.0 Å². The van der Waals surface area contributed by atoms with Gasteiger partial charge in [-0.25, -0.2) is 23.1 Å². The van der Waals surface area contributed by atoms with Crippen LogP contribution >= 0.6 is 22.9 Å². The summed E-state index contributed by atoms with van der Waals surface area (Å²) in [4.78, 5) is 33.9. The third-order valence-corrected chi connectivity index (χ3v) is 6.30. The van der Waals surface area contributed by atoms with Gasteiger partial charge in [-0.1, -0.05) is 11.6 Å². The Morgan fingerprint density at radius 3 is 2.58 bits per heavy atom. The highest BCUT2D eigenvalue weighted by molar-refractivity contribution is 7.14. The lowest BCUT2D eigenvalue weighted by Gasteiger charge is -2.31. The van der Waals surface area contributed by atoms with E-state index in [-0.39, 0.29) is 27.0 Å². The zero-order valence-corrected chi connectivity index (χ0v) is 18.4. The van der Waals surface area contributed by atoms with E-state index in [4.69, 9.17) is 16.7 Å². The number of nitrogens with zero attached hydrogens (tertiary/aromatic N) is 3. The number of pyridine rings is 1. The van der Waals surface area contributed by atoms with Crippen molar-refractivity contribution in [2.45, 2.75) is 12.8 Å². The molecule has 2 aromatic heterocycles. The summed E-state index contributed by atoms with van der Waals surface area (Å²) in [5.41, 5.74) is -0.0331. The number of aromatic nitrogens is 2. The van der Waals surface area contributed by atoms with Crippen molar-refractivity contribution < 1.29 is 27.9 Å². The van der Waals surface area contributed by atoms with Crippen molar-refractivity contribution in [1.82, 2.24) is 9.97 Å². The third kappa shape index (κ3) is 4.79. The van der Waals surface area contributed by atoms with Crippen molar-refractivity contribution in [1.29, 1.82) is 0 Å². The molecule has 1 amide bonds. The molecular weight excluding hydrogens is 481 g/mol. The highest BCUT2D eigenvalue weighted by Crippen LogP contribution is 2.31. The lowest BCUT2D eigenvalue weighted by Crippen LogP contribution is -2.37. The SMILES string of the molecule is O=C(Nc1nc(-c2ccc(F)c(F)c2F)cs1)c1cnc(N2CCC(C(=O)O)CC2)c(Cl)c1. The quantitative estimate of drug-likeness (QED) is 0.491. The summed E-state index contributed by atoms with van der Waals surface area (Å²) >= 11 is 7.30. The summed E-state index contributed by atoms with van der Waals surface area (Å²) in [6, 6.07) is 3.30. The van der Waals surface area contributed by atoms with Crippen LogP contribution in [0.5, 0.6) is 0 Å². The maximum absolute atomic E-state index is 14.0. The topological polar surface area (TPSA) is 95.4 Å². The molecule has 172 valence electrons. The molecule has 2 N–H and O–H groups in total. The van der Waals surface area contributed by atoms with E-state index in [2.05, 4.69) is 15.3 Å². The number of nitrogens with one attached hydrogen (secondary N) is 1. The van der Waals surface area contributed by atoms with Crippen molar-refractivity contribution in [3.05, 3.63) is 57.8 Å². The van der Waals surface area contributed by atoms with Gasteiger partial charge in [0, 0.05) is 30.2 Å². The van der Waals surface area contributed by atoms with Gasteiger partial charge >= 0.3 is 5.97 Å². The summed E-state index contributed by atoms with van der Waals surface area (Å²) in [5, 5.41) is 13.4. The number of piperidine rings is 1. The number of hydrogen-bond donors (Lipinski definition) is 2. The van der Waals surface area contributed by atoms with Gasteiger partial charge in [0.1, 0.15) is 5.82 Å². The number of rotatable bonds is 5. The van der Waals surface area contributed by atoms with Gasteiger partial charge in [0.2, 0.25) is 0 Å². The average Bonchev–Trinajstić information content (AvgIpc) is 3.25. The number of aliphatic carboxylic acids is 1. The number of carbonyl (C=O) groups is 2. The number of carboxylic acid groups (broad SMARTS) is 1. The summed E-state index contributed by atoms with van der Waals surface area (Å²) in [5.74, 6) is -5.59. The second-order valence-electron chi connectivity index (χ2n) is 7.34. The number of benzene rings is 1. The van der Waals surface area contributed by atoms with E-state index in [1.807, 2.05) is 4.90 Å². The second kappa shape index (κ2) is 9.36. The van der Waals surface area contributed by atoms with Crippen molar-refractivity contribution in [2.75, 3.05) is 23.3 Å². The zero-order chi connectivity index (χ0) is 23.7. The largest absolute Gasteiger partial charge is 0.481 e. The summed E-state index contributed by atoms with van der Waals surface area (Å²) < 4.78 is 40.6. The lowest BCUT2D eigenvalue weighted by molar-refractivity contribution is -0.142. The summed E-state index contributed by atoms with van der Waals surface area (Å²) in [6.45, 7) is 0.968. The standard InChI is InChI=1S/C21H16ClF3N4O3S/c22-13-7-11(8-26-18(13)29-5-3-10(4-6-29)20(31)32)19(30)28-21-27-15(9-33-21)12-1-2-14(23)17(25)16(12)24/h1-2,7-10H,3-6H2,(H,31,32)(H,27,28,30). The van der Waals surface area contributed by atoms with Gasteiger partial charge in [-0.2, -0.15) is 0 Å². The van der Waals surface area contributed by atoms with Gasteiger partial charge in [-0.15, -0.1) is 11.3 Å². The summed E-state index contributed by atoms with van der Waals surface area (Å²) in [7, 11) is 0. The minimum atomic E-state index is -1.60. The molecule has 0 atom stereocenters. The molecule has 0 saturated carbocycles. The first kappa shape index (κ1) is 23.0. The Hall–Kier alpha value is -3.18. The van der Waals surface area contributed by atoms with Crippen LogP contribution in [0.1, 0.15) is 23.2 Å². The maximum atomic E-state index is 14.0. The molecule has 0 unspecified atom stereocenters. The normalized spacial score (nSPS) is 14.4. The van der Waals surface area contributed by atoms with Crippen molar-refractivity contribution in [2.24, 2.45) is 5.92 Å². The van der Waals surface area contributed by atoms with Crippen LogP contribution in [0.3, 0.4) is 0 Å². The van der Waals surface area contributed by atoms with Crippen LogP contribution in [0, 0.1) is 23.4 Å². The Morgan fingerprint density at radius 2 is 1.91 bits per heavy atom. The van der Waals surface area contributed by atoms with Crippen LogP contribution in [0.15, 0.2) is 29.8 Å². The molecule has 12 heteroatoms. The molecule has 0 radical (unpaired) electrons. The Labute approximate surface area is 194 Å². The second-order valence-corrected chi connectivity index (χ2v) is 8.61. The average molecular weight is 497 g/mol. The van der Waals surface area contributed by atoms with E-state index in [0.717, 1.165) is 23.5 Å². The van der Waals surface area contributed by atoms with Gasteiger partial charge in [-0.3, -0.25) is 14.9 Å². The van der Waals surface area contributed by atoms with Gasteiger partial charge in [0.05, 0.1) is 22.2 Å². The van der Waals surface area contributed by atoms with Gasteiger partial charge < -0.3 is 10.0 Å². The molecule has 0 aliphatic carbocycles. The van der Waals surface area contributed by atoms with E-state index in [1.165, 1.54) is 17.6 Å². The molecule has 3 aromatic rings. The molecule has 33 heavy (non-hydrogen) atoms. The Morgan fingerprint density at radius 1 is 1.18 bits per heavy atom. The molecule has 1 fully saturated rings. The molecular formula is C21H16ClF3N4O3S. The van der Waals surface area contributed by atoms with Gasteiger partial charge in [0.25, 0.3) is 5.91 Å². The van der Waals surface area contributed by atoms with Crippen molar-refractivity contribution in [3.63, 3.8) is 0 Å². The monoisotopic (exact) mass is 496 g/mol. The molecule has 1 aliphatic heterocycles. The first-order valence-electron chi connectivity index (χ1n) is 9.78. The number of hydrogen-bond acceptors (Lipinski definition) is 6. The zero-order valence-electron chi connectivity index (χ0n) is 16.8. The van der Waals surface area contributed by atoms with Crippen LogP contribution in [0.4, 0.5) is 24.1 Å². The smallest absolute Gasteiger partial charge is 0.306 e. The lowest BCUT2D eigenvalue weighted by atomic mass is 9.97. The van der Waals surface area contributed by atoms with E-state index in [0.29, 0.717) is 31.7 Å². The minimum Gasteiger partial charge on any atom is -0.481 e. The van der Waals surface area contributed by atoms with Crippen LogP contribution in [0.2, 0.25) is 5.02 Å². The fourth-order valence-corrected chi connectivity index (χ4v) is 4.47. The first-order valence-corrected chi connectivity index (χ1v) is 11.0. The molecule has 1 saturated heterocycles. The van der Waals surface area contributed by atoms with Gasteiger partial charge in [-0.05, 0) is 31.0 Å². The maximum Gasteiger partial charge on any atom is 0.306 e. The van der Waals surface area contributed by atoms with Crippen LogP contribution < -0.4 is 10.2 Å². The third-order valence-electron chi connectivity index (χ3n) is 5.26. The predicted octanol–water partition coefficient (Wildman–Crippen LogP) is 4.83. The molecule has 4 rings (SSSR count). The van der Waals surface area contributed by atoms with Gasteiger partial charge in [0.15, 0.2) is 22.6 Å². The fourth-order valence-electron chi connectivity index (χ4n) is 3.47. The van der Waals surface area contributed by atoms with E-state index < -0.39 is 35.2 Å². The first-order chi connectivity index (χ1) is 15.7. The number of carbonyl (C=O) groups excluding carboxylic acids is 1. The molecule has 1 aromatic carbocycles. The van der Waals surface area contributed by atoms with E-state index in [1.54, 1.807) is 0 Å². The molecule has 1 aliphatic rings. The Balaban J connectivity index is 1.45. The van der Waals surface area contributed by atoms with E-state index >= 15 is 0 Å². The predicted molar refractivity (Wildman–Crippen MR) is 117 cm³/mol. The van der Waals surface area contributed by atoms with Crippen molar-refractivity contribution >= 4 is 45.8 Å². The van der Waals surface area contributed by atoms with Crippen LogP contribution in [-0.2, 0) is 4.79 Å². The minimum absolute atomic E-state index is 0.0444. The van der Waals surface area contributed by atoms with Crippen molar-refractivity contribution in [3.8, 4) is 11.3 Å². The molecule has 0 spiro atoms. The molecule has 0 bridgehead atoms. The number of anilines is 2. The number of amides is 1. The highest BCUT2D eigenvalue weighted by Gasteiger charge is 2.26. The number of halogens is 4.